The zero-order chi connectivity index (χ0) is 16.3. The molecule has 1 spiro atoms. The molecule has 2 fully saturated rings. The number of rotatable bonds is 5. The van der Waals surface area contributed by atoms with Crippen molar-refractivity contribution >= 4 is 30.3 Å². The number of hydrogen-bond acceptors (Lipinski definition) is 4. The molecule has 4 amide bonds. The largest absolute Gasteiger partial charge is 0.354 e. The van der Waals surface area contributed by atoms with E-state index in [1.54, 1.807) is 7.05 Å². The van der Waals surface area contributed by atoms with Crippen LogP contribution in [0.25, 0.3) is 0 Å². The van der Waals surface area contributed by atoms with E-state index >= 15 is 0 Å². The van der Waals surface area contributed by atoms with Gasteiger partial charge in [-0.25, -0.2) is 4.79 Å². The van der Waals surface area contributed by atoms with Gasteiger partial charge in [-0.2, -0.15) is 0 Å². The van der Waals surface area contributed by atoms with Gasteiger partial charge in [0.2, 0.25) is 5.91 Å². The van der Waals surface area contributed by atoms with Crippen LogP contribution in [-0.2, 0) is 9.59 Å². The molecule has 1 heterocycles. The van der Waals surface area contributed by atoms with Crippen LogP contribution in [0, 0.1) is 5.92 Å². The van der Waals surface area contributed by atoms with E-state index in [4.69, 9.17) is 5.73 Å². The molecular weight excluding hydrogens is 320 g/mol. The van der Waals surface area contributed by atoms with Gasteiger partial charge in [0, 0.05) is 13.6 Å². The van der Waals surface area contributed by atoms with E-state index in [1.165, 1.54) is 4.90 Å². The van der Waals surface area contributed by atoms with Gasteiger partial charge in [-0.05, 0) is 25.3 Å². The molecule has 1 aliphatic heterocycles. The van der Waals surface area contributed by atoms with E-state index in [2.05, 4.69) is 5.32 Å². The van der Waals surface area contributed by atoms with Crippen molar-refractivity contribution in [3.05, 3.63) is 0 Å². The molecule has 0 bridgehead atoms. The van der Waals surface area contributed by atoms with E-state index in [-0.39, 0.29) is 42.7 Å². The van der Waals surface area contributed by atoms with Gasteiger partial charge in [0.15, 0.2) is 0 Å². The fraction of sp³-hybridized carbons (Fsp3) is 0.800. The molecule has 0 radical (unpaired) electrons. The summed E-state index contributed by atoms with van der Waals surface area (Å²) in [5.74, 6) is -0.369. The van der Waals surface area contributed by atoms with Crippen LogP contribution >= 0.6 is 12.4 Å². The maximum absolute atomic E-state index is 12.7. The van der Waals surface area contributed by atoms with Gasteiger partial charge in [-0.1, -0.05) is 26.2 Å². The fourth-order valence-electron chi connectivity index (χ4n) is 3.24. The predicted octanol–water partition coefficient (Wildman–Crippen LogP) is 0.716. The maximum atomic E-state index is 12.7. The summed E-state index contributed by atoms with van der Waals surface area (Å²) in [6.45, 7) is 2.65. The number of imide groups is 1. The average molecular weight is 347 g/mol. The highest BCUT2D eigenvalue weighted by Gasteiger charge is 2.55. The zero-order valence-electron chi connectivity index (χ0n) is 13.8. The number of nitrogens with two attached hydrogens (primary N) is 1. The van der Waals surface area contributed by atoms with Crippen molar-refractivity contribution in [3.8, 4) is 0 Å². The second-order valence-corrected chi connectivity index (χ2v) is 6.47. The molecule has 132 valence electrons. The minimum absolute atomic E-state index is 0. The van der Waals surface area contributed by atoms with Crippen LogP contribution < -0.4 is 11.1 Å². The third-order valence-corrected chi connectivity index (χ3v) is 4.84. The van der Waals surface area contributed by atoms with Crippen molar-refractivity contribution < 1.29 is 14.4 Å². The number of halogens is 1. The summed E-state index contributed by atoms with van der Waals surface area (Å²) >= 11 is 0. The van der Waals surface area contributed by atoms with Gasteiger partial charge in [-0.15, -0.1) is 12.4 Å². The summed E-state index contributed by atoms with van der Waals surface area (Å²) in [5.41, 5.74) is 4.78. The summed E-state index contributed by atoms with van der Waals surface area (Å²) in [6.07, 6.45) is 4.36. The van der Waals surface area contributed by atoms with Crippen LogP contribution in [0.2, 0.25) is 0 Å². The van der Waals surface area contributed by atoms with Crippen molar-refractivity contribution in [2.45, 2.75) is 44.6 Å². The Labute approximate surface area is 143 Å². The lowest BCUT2D eigenvalue weighted by molar-refractivity contribution is -0.137. The Morgan fingerprint density at radius 3 is 2.48 bits per heavy atom. The monoisotopic (exact) mass is 346 g/mol. The van der Waals surface area contributed by atoms with E-state index in [1.807, 2.05) is 6.92 Å². The third-order valence-electron chi connectivity index (χ3n) is 4.84. The molecule has 23 heavy (non-hydrogen) atoms. The molecule has 1 saturated carbocycles. The molecule has 0 aromatic rings. The Bertz CT molecular complexity index is 466. The van der Waals surface area contributed by atoms with Crippen LogP contribution in [0.4, 0.5) is 4.79 Å². The third kappa shape index (κ3) is 3.77. The summed E-state index contributed by atoms with van der Waals surface area (Å²) in [6, 6.07) is -0.367. The summed E-state index contributed by atoms with van der Waals surface area (Å²) < 4.78 is 0. The minimum atomic E-state index is -0.722. The Balaban J connectivity index is 0.00000264. The molecule has 2 rings (SSSR count). The van der Waals surface area contributed by atoms with E-state index in [0.717, 1.165) is 24.2 Å². The number of urea groups is 1. The first-order chi connectivity index (χ1) is 10.4. The smallest absolute Gasteiger partial charge is 0.327 e. The average Bonchev–Trinajstić information content (AvgIpc) is 2.70. The molecule has 1 unspecified atom stereocenters. The number of amides is 4. The van der Waals surface area contributed by atoms with Crippen molar-refractivity contribution in [3.63, 3.8) is 0 Å². The van der Waals surface area contributed by atoms with E-state index in [9.17, 15) is 14.4 Å². The Morgan fingerprint density at radius 1 is 1.30 bits per heavy atom. The van der Waals surface area contributed by atoms with Crippen LogP contribution in [0.5, 0.6) is 0 Å². The van der Waals surface area contributed by atoms with Crippen LogP contribution in [0.3, 0.4) is 0 Å². The van der Waals surface area contributed by atoms with E-state index < -0.39 is 5.54 Å². The highest BCUT2D eigenvalue weighted by Crippen LogP contribution is 2.39. The predicted molar refractivity (Wildman–Crippen MR) is 89.2 cm³/mol. The molecule has 1 atom stereocenters. The highest BCUT2D eigenvalue weighted by atomic mass is 35.5. The zero-order valence-corrected chi connectivity index (χ0v) is 14.7. The van der Waals surface area contributed by atoms with Gasteiger partial charge in [0.05, 0.1) is 0 Å². The van der Waals surface area contributed by atoms with Crippen LogP contribution in [0.15, 0.2) is 0 Å². The first-order valence-electron chi connectivity index (χ1n) is 7.99. The van der Waals surface area contributed by atoms with Gasteiger partial charge >= 0.3 is 6.03 Å². The molecule has 1 aliphatic carbocycles. The Morgan fingerprint density at radius 2 is 1.91 bits per heavy atom. The minimum Gasteiger partial charge on any atom is -0.354 e. The van der Waals surface area contributed by atoms with Crippen LogP contribution in [0.1, 0.15) is 39.0 Å². The molecule has 2 aliphatic rings. The normalized spacial score (nSPS) is 21.3. The molecule has 0 aromatic heterocycles. The number of nitrogens with zero attached hydrogens (tertiary/aromatic N) is 2. The van der Waals surface area contributed by atoms with Gasteiger partial charge in [-0.3, -0.25) is 14.5 Å². The number of hydrogen-bond donors (Lipinski definition) is 2. The first-order valence-corrected chi connectivity index (χ1v) is 7.99. The maximum Gasteiger partial charge on any atom is 0.327 e. The standard InChI is InChI=1S/C15H26N4O3.ClH/c1-11(8-16)9-17-12(20)10-19-13(21)15(18(2)14(19)22)6-4-3-5-7-15;/h11H,3-10,16H2,1-2H3,(H,17,20);1H. The quantitative estimate of drug-likeness (QED) is 0.717. The van der Waals surface area contributed by atoms with Crippen molar-refractivity contribution in [1.29, 1.82) is 0 Å². The number of likely N-dealkylation sites (N-methyl/N-ethyl adjacent to an activating group) is 1. The molecule has 0 aromatic carbocycles. The molecule has 1 saturated heterocycles. The van der Waals surface area contributed by atoms with Crippen molar-refractivity contribution in [2.24, 2.45) is 11.7 Å². The van der Waals surface area contributed by atoms with Crippen molar-refractivity contribution in [2.75, 3.05) is 26.7 Å². The van der Waals surface area contributed by atoms with Gasteiger partial charge in [0.1, 0.15) is 12.1 Å². The topological polar surface area (TPSA) is 95.7 Å². The highest BCUT2D eigenvalue weighted by molar-refractivity contribution is 6.08. The lowest BCUT2D eigenvalue weighted by Gasteiger charge is -2.35. The molecule has 7 nitrogen and oxygen atoms in total. The van der Waals surface area contributed by atoms with Gasteiger partial charge in [0.25, 0.3) is 5.91 Å². The molecule has 3 N–H and O–H groups in total. The number of carbonyl (C=O) groups excluding carboxylic acids is 3. The lowest BCUT2D eigenvalue weighted by atomic mass is 9.81. The SMILES string of the molecule is CC(CN)CNC(=O)CN1C(=O)N(C)C2(CCCCC2)C1=O.Cl. The van der Waals surface area contributed by atoms with Crippen LogP contribution in [-0.4, -0.2) is 59.9 Å². The Hall–Kier alpha value is -1.34. The second-order valence-electron chi connectivity index (χ2n) is 6.47. The molecular formula is C15H27ClN4O3. The Kier molecular flexibility index (Phi) is 6.83. The lowest BCUT2D eigenvalue weighted by Crippen LogP contribution is -2.49. The number of nitrogens with one attached hydrogen (secondary N) is 1. The fourth-order valence-corrected chi connectivity index (χ4v) is 3.24. The first kappa shape index (κ1) is 19.7. The number of carbonyl (C=O) groups is 3. The molecule has 8 heteroatoms. The summed E-state index contributed by atoms with van der Waals surface area (Å²) in [7, 11) is 1.67. The second kappa shape index (κ2) is 7.97. The van der Waals surface area contributed by atoms with Crippen molar-refractivity contribution in [1.82, 2.24) is 15.1 Å². The summed E-state index contributed by atoms with van der Waals surface area (Å²) in [4.78, 5) is 39.6. The summed E-state index contributed by atoms with van der Waals surface area (Å²) in [5, 5.41) is 2.72. The van der Waals surface area contributed by atoms with Gasteiger partial charge < -0.3 is 16.0 Å². The van der Waals surface area contributed by atoms with E-state index in [0.29, 0.717) is 25.9 Å².